The first-order valence-electron chi connectivity index (χ1n) is 6.67. The second-order valence-corrected chi connectivity index (χ2v) is 5.53. The molecule has 0 aliphatic carbocycles. The van der Waals surface area contributed by atoms with Crippen molar-refractivity contribution in [1.82, 2.24) is 9.47 Å². The maximum Gasteiger partial charge on any atom is 0.0480 e. The molecule has 0 N–H and O–H groups in total. The molecule has 2 heterocycles. The van der Waals surface area contributed by atoms with Crippen LogP contribution >= 0.6 is 12.6 Å². The number of aromatic nitrogens is 1. The molecular formula is C15H20N2S. The first-order valence-corrected chi connectivity index (χ1v) is 7.30. The highest BCUT2D eigenvalue weighted by molar-refractivity contribution is 7.80. The Morgan fingerprint density at radius 3 is 2.67 bits per heavy atom. The lowest BCUT2D eigenvalue weighted by atomic mass is 9.89. The molecule has 2 nitrogen and oxygen atoms in total. The average molecular weight is 260 g/mol. The van der Waals surface area contributed by atoms with Crippen molar-refractivity contribution < 1.29 is 0 Å². The molecule has 0 amide bonds. The molecule has 1 aliphatic rings. The lowest BCUT2D eigenvalue weighted by molar-refractivity contribution is 0.247. The normalized spacial score (nSPS) is 18.6. The van der Waals surface area contributed by atoms with E-state index in [-0.39, 0.29) is 0 Å². The van der Waals surface area contributed by atoms with Crippen molar-refractivity contribution >= 4 is 23.5 Å². The molecule has 0 atom stereocenters. The molecule has 3 rings (SSSR count). The fraction of sp³-hybridized carbons (Fsp3) is 0.467. The third-order valence-electron chi connectivity index (χ3n) is 4.16. The Kier molecular flexibility index (Phi) is 3.35. The van der Waals surface area contributed by atoms with E-state index in [1.807, 2.05) is 0 Å². The van der Waals surface area contributed by atoms with Gasteiger partial charge in [0, 0.05) is 30.0 Å². The summed E-state index contributed by atoms with van der Waals surface area (Å²) < 4.78 is 2.26. The van der Waals surface area contributed by atoms with Crippen LogP contribution in [0.4, 0.5) is 0 Å². The molecule has 1 aliphatic heterocycles. The maximum atomic E-state index is 4.37. The first-order chi connectivity index (χ1) is 8.79. The molecule has 2 aromatic rings. The molecule has 0 saturated carbocycles. The molecule has 0 radical (unpaired) electrons. The summed E-state index contributed by atoms with van der Waals surface area (Å²) in [7, 11) is 2.15. The van der Waals surface area contributed by atoms with Gasteiger partial charge in [-0.15, -0.1) is 0 Å². The molecule has 1 aromatic carbocycles. The first kappa shape index (κ1) is 12.1. The Hall–Kier alpha value is -0.930. The fourth-order valence-corrected chi connectivity index (χ4v) is 3.37. The van der Waals surface area contributed by atoms with Gasteiger partial charge in [-0.1, -0.05) is 18.2 Å². The van der Waals surface area contributed by atoms with Crippen molar-refractivity contribution in [2.45, 2.75) is 18.8 Å². The summed E-state index contributed by atoms with van der Waals surface area (Å²) in [6.07, 6.45) is 4.84. The van der Waals surface area contributed by atoms with E-state index in [1.54, 1.807) is 0 Å². The number of aryl methyl sites for hydroxylation is 1. The summed E-state index contributed by atoms with van der Waals surface area (Å²) in [4.78, 5) is 2.42. The van der Waals surface area contributed by atoms with Gasteiger partial charge in [0.2, 0.25) is 0 Å². The van der Waals surface area contributed by atoms with Crippen molar-refractivity contribution in [3.05, 3.63) is 36.0 Å². The standard InChI is InChI=1S/C15H20N2S/c1-16-10-14(13-4-2-3-5-15(13)16)12-6-8-17(11-18)9-7-12/h2-5,10,12,18H,6-9,11H2,1H3. The second-order valence-electron chi connectivity index (χ2n) is 5.25. The molecule has 0 spiro atoms. The number of benzene rings is 1. The lowest BCUT2D eigenvalue weighted by Gasteiger charge is -2.30. The minimum Gasteiger partial charge on any atom is -0.350 e. The summed E-state index contributed by atoms with van der Waals surface area (Å²) in [5, 5.41) is 1.43. The number of hydrogen-bond donors (Lipinski definition) is 1. The van der Waals surface area contributed by atoms with Gasteiger partial charge >= 0.3 is 0 Å². The number of rotatable bonds is 2. The van der Waals surface area contributed by atoms with Gasteiger partial charge in [-0.05, 0) is 43.5 Å². The van der Waals surface area contributed by atoms with Crippen LogP contribution in [0.5, 0.6) is 0 Å². The zero-order valence-corrected chi connectivity index (χ0v) is 11.7. The number of piperidine rings is 1. The lowest BCUT2D eigenvalue weighted by Crippen LogP contribution is -2.31. The highest BCUT2D eigenvalue weighted by Gasteiger charge is 2.22. The molecular weight excluding hydrogens is 240 g/mol. The van der Waals surface area contributed by atoms with Gasteiger partial charge in [-0.25, -0.2) is 0 Å². The predicted octanol–water partition coefficient (Wildman–Crippen LogP) is 3.25. The minimum absolute atomic E-state index is 0.715. The molecule has 0 unspecified atom stereocenters. The summed E-state index contributed by atoms with van der Waals surface area (Å²) in [6, 6.07) is 8.74. The molecule has 96 valence electrons. The topological polar surface area (TPSA) is 8.17 Å². The number of likely N-dealkylation sites (tertiary alicyclic amines) is 1. The van der Waals surface area contributed by atoms with Crippen molar-refractivity contribution in [3.63, 3.8) is 0 Å². The number of hydrogen-bond acceptors (Lipinski definition) is 2. The summed E-state index contributed by atoms with van der Waals surface area (Å²) in [6.45, 7) is 2.36. The van der Waals surface area contributed by atoms with Gasteiger partial charge in [-0.2, -0.15) is 12.6 Å². The largest absolute Gasteiger partial charge is 0.350 e. The van der Waals surface area contributed by atoms with E-state index in [2.05, 4.69) is 59.6 Å². The SMILES string of the molecule is Cn1cc(C2CCN(CS)CC2)c2ccccc21. The van der Waals surface area contributed by atoms with E-state index in [1.165, 1.54) is 42.4 Å². The van der Waals surface area contributed by atoms with Gasteiger partial charge in [0.05, 0.1) is 0 Å². The zero-order valence-electron chi connectivity index (χ0n) is 10.8. The Labute approximate surface area is 114 Å². The molecule has 1 saturated heterocycles. The molecule has 1 fully saturated rings. The van der Waals surface area contributed by atoms with E-state index in [9.17, 15) is 0 Å². The van der Waals surface area contributed by atoms with Crippen LogP contribution in [0.2, 0.25) is 0 Å². The number of fused-ring (bicyclic) bond motifs is 1. The molecule has 0 bridgehead atoms. The monoisotopic (exact) mass is 260 g/mol. The summed E-state index contributed by atoms with van der Waals surface area (Å²) in [5.74, 6) is 1.61. The van der Waals surface area contributed by atoms with Crippen molar-refractivity contribution in [2.75, 3.05) is 19.0 Å². The van der Waals surface area contributed by atoms with Crippen LogP contribution in [-0.2, 0) is 7.05 Å². The number of thiol groups is 1. The summed E-state index contributed by atoms with van der Waals surface area (Å²) >= 11 is 4.37. The van der Waals surface area contributed by atoms with Crippen LogP contribution in [0, 0.1) is 0 Å². The van der Waals surface area contributed by atoms with Crippen LogP contribution in [0.25, 0.3) is 10.9 Å². The van der Waals surface area contributed by atoms with Crippen LogP contribution < -0.4 is 0 Å². The van der Waals surface area contributed by atoms with E-state index in [0.29, 0.717) is 5.92 Å². The van der Waals surface area contributed by atoms with Gasteiger partial charge in [0.1, 0.15) is 0 Å². The molecule has 1 aromatic heterocycles. The van der Waals surface area contributed by atoms with Crippen LogP contribution in [-0.4, -0.2) is 28.4 Å². The Morgan fingerprint density at radius 1 is 1.22 bits per heavy atom. The van der Waals surface area contributed by atoms with Crippen molar-refractivity contribution in [2.24, 2.45) is 7.05 Å². The second kappa shape index (κ2) is 4.98. The summed E-state index contributed by atoms with van der Waals surface area (Å²) in [5.41, 5.74) is 2.89. The van der Waals surface area contributed by atoms with Crippen LogP contribution in [0.15, 0.2) is 30.5 Å². The maximum absolute atomic E-state index is 4.37. The Bertz CT molecular complexity index is 538. The van der Waals surface area contributed by atoms with Crippen LogP contribution in [0.3, 0.4) is 0 Å². The third-order valence-corrected chi connectivity index (χ3v) is 4.56. The average Bonchev–Trinajstić information content (AvgIpc) is 2.77. The Balaban J connectivity index is 1.91. The quantitative estimate of drug-likeness (QED) is 0.815. The van der Waals surface area contributed by atoms with Gasteiger partial charge in [-0.3, -0.25) is 4.90 Å². The van der Waals surface area contributed by atoms with Gasteiger partial charge < -0.3 is 4.57 Å². The minimum atomic E-state index is 0.715. The van der Waals surface area contributed by atoms with Gasteiger partial charge in [0.15, 0.2) is 0 Å². The fourth-order valence-electron chi connectivity index (χ4n) is 3.08. The predicted molar refractivity (Wildman–Crippen MR) is 80.3 cm³/mol. The van der Waals surface area contributed by atoms with E-state index in [4.69, 9.17) is 0 Å². The van der Waals surface area contributed by atoms with Gasteiger partial charge in [0.25, 0.3) is 0 Å². The van der Waals surface area contributed by atoms with Crippen molar-refractivity contribution in [1.29, 1.82) is 0 Å². The zero-order chi connectivity index (χ0) is 12.5. The Morgan fingerprint density at radius 2 is 1.94 bits per heavy atom. The van der Waals surface area contributed by atoms with E-state index in [0.717, 1.165) is 5.88 Å². The third kappa shape index (κ3) is 2.06. The highest BCUT2D eigenvalue weighted by Crippen LogP contribution is 2.33. The number of nitrogens with zero attached hydrogens (tertiary/aromatic N) is 2. The molecule has 3 heteroatoms. The van der Waals surface area contributed by atoms with E-state index >= 15 is 0 Å². The van der Waals surface area contributed by atoms with Crippen molar-refractivity contribution in [3.8, 4) is 0 Å². The van der Waals surface area contributed by atoms with Crippen LogP contribution in [0.1, 0.15) is 24.3 Å². The van der Waals surface area contributed by atoms with E-state index < -0.39 is 0 Å². The smallest absolute Gasteiger partial charge is 0.0480 e. The molecule has 18 heavy (non-hydrogen) atoms. The highest BCUT2D eigenvalue weighted by atomic mass is 32.1. The number of para-hydroxylation sites is 1.